The summed E-state index contributed by atoms with van der Waals surface area (Å²) in [6, 6.07) is 1.88. The summed E-state index contributed by atoms with van der Waals surface area (Å²) >= 11 is 4.06. The van der Waals surface area contributed by atoms with Crippen LogP contribution in [0.25, 0.3) is 11.0 Å². The fraction of sp³-hybridized carbons (Fsp3) is 0.273. The standard InChI is InChI=1S/C11H13N3OS/c1-5-4-7(11(12)16)10(15-3)9-8(5)13-6(2)14-9/h4H,1-3H3,(H2,12,16)(H,13,14). The molecule has 2 aromatic rings. The highest BCUT2D eigenvalue weighted by molar-refractivity contribution is 7.97. The molecule has 1 aromatic heterocycles. The van der Waals surface area contributed by atoms with E-state index < -0.39 is 0 Å². The molecule has 0 saturated carbocycles. The first-order valence-corrected chi connectivity index (χ1v) is 5.31. The zero-order valence-electron chi connectivity index (χ0n) is 9.38. The molecule has 0 aliphatic rings. The molecule has 2 N–H and O–H groups in total. The van der Waals surface area contributed by atoms with Crippen LogP contribution in [0.5, 0.6) is 5.75 Å². The van der Waals surface area contributed by atoms with Crippen LogP contribution in [-0.4, -0.2) is 22.1 Å². The van der Waals surface area contributed by atoms with Crippen molar-refractivity contribution in [2.24, 2.45) is 0 Å². The Morgan fingerprint density at radius 2 is 2.19 bits per heavy atom. The molecule has 84 valence electrons. The van der Waals surface area contributed by atoms with Gasteiger partial charge >= 0.3 is 0 Å². The van der Waals surface area contributed by atoms with Crippen LogP contribution < -0.4 is 4.74 Å². The molecular formula is C11H13N3OS. The van der Waals surface area contributed by atoms with Gasteiger partial charge in [0.2, 0.25) is 0 Å². The number of rotatable bonds is 2. The second-order valence-electron chi connectivity index (χ2n) is 3.67. The van der Waals surface area contributed by atoms with Gasteiger partial charge in [0.05, 0.1) is 23.2 Å². The van der Waals surface area contributed by atoms with Crippen LogP contribution in [0.15, 0.2) is 6.07 Å². The summed E-state index contributed by atoms with van der Waals surface area (Å²) in [5.41, 5.74) is 3.41. The first-order valence-electron chi connectivity index (χ1n) is 4.86. The molecule has 0 saturated heterocycles. The maximum Gasteiger partial charge on any atom is 0.156 e. The minimum Gasteiger partial charge on any atom is -0.494 e. The van der Waals surface area contributed by atoms with E-state index in [9.17, 15) is 0 Å². The number of hydrogen-bond acceptors (Lipinski definition) is 3. The van der Waals surface area contributed by atoms with E-state index in [1.54, 1.807) is 7.11 Å². The van der Waals surface area contributed by atoms with Gasteiger partial charge in [-0.1, -0.05) is 0 Å². The molecule has 0 unspecified atom stereocenters. The SMILES string of the molecule is COc1c(C(=N)S)cc(C)c2[nH]c(C)nc12. The van der Waals surface area contributed by atoms with Crippen LogP contribution in [0.2, 0.25) is 0 Å². The number of ether oxygens (including phenoxy) is 1. The maximum absolute atomic E-state index is 7.60. The lowest BCUT2D eigenvalue weighted by Gasteiger charge is -2.09. The highest BCUT2D eigenvalue weighted by Gasteiger charge is 2.15. The molecular weight excluding hydrogens is 222 g/mol. The number of hydrogen-bond donors (Lipinski definition) is 3. The number of fused-ring (bicyclic) bond motifs is 1. The Balaban J connectivity index is 2.89. The zero-order chi connectivity index (χ0) is 11.9. The summed E-state index contributed by atoms with van der Waals surface area (Å²) in [7, 11) is 1.58. The van der Waals surface area contributed by atoms with Crippen LogP contribution in [0, 0.1) is 19.3 Å². The lowest BCUT2D eigenvalue weighted by molar-refractivity contribution is 0.418. The largest absolute Gasteiger partial charge is 0.494 e. The van der Waals surface area contributed by atoms with Gasteiger partial charge in [-0.2, -0.15) is 0 Å². The summed E-state index contributed by atoms with van der Waals surface area (Å²) in [5, 5.41) is 7.79. The van der Waals surface area contributed by atoms with Gasteiger partial charge in [0, 0.05) is 0 Å². The zero-order valence-corrected chi connectivity index (χ0v) is 10.3. The van der Waals surface area contributed by atoms with Gasteiger partial charge < -0.3 is 9.72 Å². The second kappa shape index (κ2) is 3.83. The van der Waals surface area contributed by atoms with Crippen molar-refractivity contribution in [1.82, 2.24) is 9.97 Å². The molecule has 0 spiro atoms. The number of aryl methyl sites for hydroxylation is 2. The van der Waals surface area contributed by atoms with E-state index in [1.807, 2.05) is 19.9 Å². The average Bonchev–Trinajstić information content (AvgIpc) is 2.60. The van der Waals surface area contributed by atoms with Gasteiger partial charge in [-0.3, -0.25) is 5.41 Å². The number of imidazole rings is 1. The number of aromatic nitrogens is 2. The summed E-state index contributed by atoms with van der Waals surface area (Å²) in [4.78, 5) is 7.56. The summed E-state index contributed by atoms with van der Waals surface area (Å²) in [6.07, 6.45) is 0. The predicted octanol–water partition coefficient (Wildman–Crippen LogP) is 2.44. The Hall–Kier alpha value is -1.49. The molecule has 16 heavy (non-hydrogen) atoms. The number of aromatic amines is 1. The molecule has 0 aliphatic heterocycles. The van der Waals surface area contributed by atoms with E-state index in [1.165, 1.54) is 0 Å². The van der Waals surface area contributed by atoms with E-state index in [4.69, 9.17) is 10.1 Å². The Labute approximate surface area is 99.0 Å². The van der Waals surface area contributed by atoms with E-state index >= 15 is 0 Å². The third-order valence-electron chi connectivity index (χ3n) is 2.50. The summed E-state index contributed by atoms with van der Waals surface area (Å²) < 4.78 is 5.32. The van der Waals surface area contributed by atoms with Crippen molar-refractivity contribution in [3.63, 3.8) is 0 Å². The Kier molecular flexibility index (Phi) is 2.63. The number of nitrogens with zero attached hydrogens (tertiary/aromatic N) is 1. The van der Waals surface area contributed by atoms with Crippen molar-refractivity contribution in [3.8, 4) is 5.75 Å². The van der Waals surface area contributed by atoms with Crippen LogP contribution in [0.4, 0.5) is 0 Å². The van der Waals surface area contributed by atoms with Crippen molar-refractivity contribution < 1.29 is 4.74 Å². The smallest absolute Gasteiger partial charge is 0.156 e. The third kappa shape index (κ3) is 1.57. The number of H-pyrrole nitrogens is 1. The van der Waals surface area contributed by atoms with Crippen molar-refractivity contribution in [3.05, 3.63) is 23.0 Å². The van der Waals surface area contributed by atoms with Gasteiger partial charge in [0.25, 0.3) is 0 Å². The molecule has 2 rings (SSSR count). The molecule has 0 amide bonds. The van der Waals surface area contributed by atoms with Gasteiger partial charge in [-0.05, 0) is 25.5 Å². The minimum absolute atomic E-state index is 0.183. The normalized spacial score (nSPS) is 10.8. The third-order valence-corrected chi connectivity index (χ3v) is 2.74. The molecule has 1 heterocycles. The van der Waals surface area contributed by atoms with Crippen LogP contribution in [0.1, 0.15) is 17.0 Å². The summed E-state index contributed by atoms with van der Waals surface area (Å²) in [6.45, 7) is 3.87. The molecule has 0 bridgehead atoms. The van der Waals surface area contributed by atoms with Crippen LogP contribution >= 0.6 is 12.6 Å². The number of thiol groups is 1. The van der Waals surface area contributed by atoms with Gasteiger partial charge in [-0.25, -0.2) is 4.98 Å². The maximum atomic E-state index is 7.60. The summed E-state index contributed by atoms with van der Waals surface area (Å²) in [5.74, 6) is 1.43. The van der Waals surface area contributed by atoms with Gasteiger partial charge in [0.1, 0.15) is 11.3 Å². The molecule has 4 nitrogen and oxygen atoms in total. The fourth-order valence-corrected chi connectivity index (χ4v) is 1.97. The number of nitrogens with one attached hydrogen (secondary N) is 2. The highest BCUT2D eigenvalue weighted by atomic mass is 32.1. The quantitative estimate of drug-likeness (QED) is 0.425. The van der Waals surface area contributed by atoms with Crippen molar-refractivity contribution in [2.75, 3.05) is 7.11 Å². The first kappa shape index (κ1) is 11.0. The molecule has 0 atom stereocenters. The second-order valence-corrected chi connectivity index (χ2v) is 4.12. The monoisotopic (exact) mass is 235 g/mol. The first-order chi connectivity index (χ1) is 7.54. The van der Waals surface area contributed by atoms with E-state index in [2.05, 4.69) is 22.6 Å². The van der Waals surface area contributed by atoms with Gasteiger partial charge in [0.15, 0.2) is 5.75 Å². The lowest BCUT2D eigenvalue weighted by Crippen LogP contribution is -1.98. The molecule has 0 aliphatic carbocycles. The number of benzene rings is 1. The van der Waals surface area contributed by atoms with Gasteiger partial charge in [-0.15, -0.1) is 12.6 Å². The highest BCUT2D eigenvalue weighted by Crippen LogP contribution is 2.31. The van der Waals surface area contributed by atoms with Crippen molar-refractivity contribution in [2.45, 2.75) is 13.8 Å². The molecule has 1 aromatic carbocycles. The van der Waals surface area contributed by atoms with E-state index in [0.717, 1.165) is 22.4 Å². The van der Waals surface area contributed by atoms with Crippen molar-refractivity contribution >= 4 is 28.7 Å². The topological polar surface area (TPSA) is 61.8 Å². The van der Waals surface area contributed by atoms with Crippen LogP contribution in [-0.2, 0) is 0 Å². The lowest BCUT2D eigenvalue weighted by atomic mass is 10.1. The Bertz CT molecular complexity index is 574. The Morgan fingerprint density at radius 3 is 2.75 bits per heavy atom. The molecule has 0 radical (unpaired) electrons. The average molecular weight is 235 g/mol. The van der Waals surface area contributed by atoms with Crippen LogP contribution in [0.3, 0.4) is 0 Å². The number of methoxy groups -OCH3 is 1. The minimum atomic E-state index is 0.183. The van der Waals surface area contributed by atoms with E-state index in [0.29, 0.717) is 11.3 Å². The van der Waals surface area contributed by atoms with E-state index in [-0.39, 0.29) is 5.04 Å². The molecule has 0 fully saturated rings. The molecule has 5 heteroatoms. The fourth-order valence-electron chi connectivity index (χ4n) is 1.81. The Morgan fingerprint density at radius 1 is 1.50 bits per heavy atom. The van der Waals surface area contributed by atoms with Crippen molar-refractivity contribution in [1.29, 1.82) is 5.41 Å². The predicted molar refractivity (Wildman–Crippen MR) is 67.9 cm³/mol.